The van der Waals surface area contributed by atoms with Gasteiger partial charge in [0, 0.05) is 6.07 Å². The Labute approximate surface area is 119 Å². The predicted molar refractivity (Wildman–Crippen MR) is 68.1 cm³/mol. The molecule has 21 heavy (non-hydrogen) atoms. The van der Waals surface area contributed by atoms with Gasteiger partial charge in [-0.2, -0.15) is 13.2 Å². The summed E-state index contributed by atoms with van der Waals surface area (Å²) >= 11 is 0. The van der Waals surface area contributed by atoms with Gasteiger partial charge in [-0.3, -0.25) is 9.69 Å². The quantitative estimate of drug-likeness (QED) is 0.588. The lowest BCUT2D eigenvalue weighted by molar-refractivity contribution is -0.148. The number of halogens is 5. The van der Waals surface area contributed by atoms with E-state index in [0.29, 0.717) is 12.5 Å². The number of benzene rings is 1. The number of hydrogen-bond donors (Lipinski definition) is 0. The van der Waals surface area contributed by atoms with E-state index in [1.807, 2.05) is 0 Å². The third-order valence-corrected chi connectivity index (χ3v) is 3.02. The number of hydrogen-bond acceptors (Lipinski definition) is 2. The van der Waals surface area contributed by atoms with E-state index >= 15 is 0 Å². The summed E-state index contributed by atoms with van der Waals surface area (Å²) < 4.78 is 63.9. The summed E-state index contributed by atoms with van der Waals surface area (Å²) in [6.45, 7) is 1.76. The van der Waals surface area contributed by atoms with Crippen LogP contribution in [0.25, 0.3) is 0 Å². The van der Waals surface area contributed by atoms with Crippen molar-refractivity contribution in [3.05, 3.63) is 35.4 Å². The van der Waals surface area contributed by atoms with E-state index in [2.05, 4.69) is 0 Å². The standard InChI is InChI=1S/C14H16F5NO/c1-3-6-20(8-14(17,18)19)9(2)13(21)11-5-4-10(15)7-12(11)16/h4-5,7,9H,3,6,8H2,1-2H3. The van der Waals surface area contributed by atoms with Crippen LogP contribution in [-0.2, 0) is 0 Å². The number of nitrogens with zero attached hydrogens (tertiary/aromatic N) is 1. The first-order chi connectivity index (χ1) is 9.65. The van der Waals surface area contributed by atoms with Crippen LogP contribution < -0.4 is 0 Å². The number of rotatable bonds is 6. The maximum absolute atomic E-state index is 13.5. The molecule has 0 aromatic heterocycles. The summed E-state index contributed by atoms with van der Waals surface area (Å²) in [5.41, 5.74) is -0.410. The molecular weight excluding hydrogens is 293 g/mol. The number of ketones is 1. The molecule has 1 unspecified atom stereocenters. The first kappa shape index (κ1) is 17.6. The minimum absolute atomic E-state index is 0.0508. The highest BCUT2D eigenvalue weighted by atomic mass is 19.4. The van der Waals surface area contributed by atoms with Crippen molar-refractivity contribution in [1.29, 1.82) is 0 Å². The lowest BCUT2D eigenvalue weighted by atomic mass is 10.0. The van der Waals surface area contributed by atoms with Gasteiger partial charge in [-0.15, -0.1) is 0 Å². The fourth-order valence-electron chi connectivity index (χ4n) is 2.01. The van der Waals surface area contributed by atoms with Gasteiger partial charge in [0.15, 0.2) is 5.78 Å². The molecule has 0 spiro atoms. The van der Waals surface area contributed by atoms with Crippen molar-refractivity contribution in [2.24, 2.45) is 0 Å². The highest BCUT2D eigenvalue weighted by molar-refractivity contribution is 6.00. The van der Waals surface area contributed by atoms with Crippen molar-refractivity contribution in [2.75, 3.05) is 13.1 Å². The molecule has 0 aliphatic carbocycles. The summed E-state index contributed by atoms with van der Waals surface area (Å²) in [6, 6.07) is 1.23. The normalized spacial score (nSPS) is 13.5. The van der Waals surface area contributed by atoms with E-state index < -0.39 is 41.7 Å². The minimum Gasteiger partial charge on any atom is -0.292 e. The molecular formula is C14H16F5NO. The molecule has 0 fully saturated rings. The zero-order valence-corrected chi connectivity index (χ0v) is 11.7. The van der Waals surface area contributed by atoms with Crippen LogP contribution in [0.3, 0.4) is 0 Å². The van der Waals surface area contributed by atoms with Crippen molar-refractivity contribution in [3.63, 3.8) is 0 Å². The third-order valence-electron chi connectivity index (χ3n) is 3.02. The van der Waals surface area contributed by atoms with Crippen molar-refractivity contribution in [2.45, 2.75) is 32.5 Å². The second kappa shape index (κ2) is 6.98. The van der Waals surface area contributed by atoms with E-state index in [0.717, 1.165) is 17.0 Å². The van der Waals surface area contributed by atoms with Crippen LogP contribution in [0.15, 0.2) is 18.2 Å². The molecule has 7 heteroatoms. The Morgan fingerprint density at radius 2 is 1.90 bits per heavy atom. The molecule has 0 saturated heterocycles. The van der Waals surface area contributed by atoms with Gasteiger partial charge in [0.1, 0.15) is 11.6 Å². The molecule has 0 radical (unpaired) electrons. The van der Waals surface area contributed by atoms with Crippen molar-refractivity contribution in [1.82, 2.24) is 4.90 Å². The van der Waals surface area contributed by atoms with Gasteiger partial charge in [-0.05, 0) is 32.0 Å². The molecule has 0 bridgehead atoms. The van der Waals surface area contributed by atoms with Gasteiger partial charge < -0.3 is 0 Å². The number of Topliss-reactive ketones (excluding diaryl/α,β-unsaturated/α-hetero) is 1. The number of alkyl halides is 3. The summed E-state index contributed by atoms with van der Waals surface area (Å²) in [4.78, 5) is 13.0. The van der Waals surface area contributed by atoms with Crippen LogP contribution in [0.2, 0.25) is 0 Å². The molecule has 1 aromatic rings. The van der Waals surface area contributed by atoms with E-state index in [1.165, 1.54) is 6.92 Å². The van der Waals surface area contributed by atoms with Crippen molar-refractivity contribution >= 4 is 5.78 Å². The van der Waals surface area contributed by atoms with E-state index in [4.69, 9.17) is 0 Å². The molecule has 0 aliphatic rings. The van der Waals surface area contributed by atoms with E-state index in [9.17, 15) is 26.7 Å². The van der Waals surface area contributed by atoms with Gasteiger partial charge in [-0.25, -0.2) is 8.78 Å². The molecule has 0 amide bonds. The minimum atomic E-state index is -4.45. The van der Waals surface area contributed by atoms with E-state index in [-0.39, 0.29) is 6.54 Å². The number of carbonyl (C=O) groups excluding carboxylic acids is 1. The van der Waals surface area contributed by atoms with Gasteiger partial charge in [0.2, 0.25) is 0 Å². The maximum Gasteiger partial charge on any atom is 0.401 e. The molecule has 1 aromatic carbocycles. The van der Waals surface area contributed by atoms with Gasteiger partial charge in [0.05, 0.1) is 18.2 Å². The topological polar surface area (TPSA) is 20.3 Å². The zero-order chi connectivity index (χ0) is 16.2. The second-order valence-electron chi connectivity index (χ2n) is 4.75. The van der Waals surface area contributed by atoms with Crippen LogP contribution in [0, 0.1) is 11.6 Å². The van der Waals surface area contributed by atoms with Crippen LogP contribution in [0.4, 0.5) is 22.0 Å². The highest BCUT2D eigenvalue weighted by Crippen LogP contribution is 2.21. The summed E-state index contributed by atoms with van der Waals surface area (Å²) in [6.07, 6.45) is -4.04. The van der Waals surface area contributed by atoms with Crippen LogP contribution >= 0.6 is 0 Å². The van der Waals surface area contributed by atoms with E-state index in [1.54, 1.807) is 6.92 Å². The van der Waals surface area contributed by atoms with Gasteiger partial charge in [0.25, 0.3) is 0 Å². The Kier molecular flexibility index (Phi) is 5.83. The molecule has 2 nitrogen and oxygen atoms in total. The smallest absolute Gasteiger partial charge is 0.292 e. The largest absolute Gasteiger partial charge is 0.401 e. The van der Waals surface area contributed by atoms with Crippen molar-refractivity contribution in [3.8, 4) is 0 Å². The first-order valence-electron chi connectivity index (χ1n) is 6.45. The molecule has 0 aliphatic heterocycles. The maximum atomic E-state index is 13.5. The predicted octanol–water partition coefficient (Wildman–Crippen LogP) is 3.81. The SMILES string of the molecule is CCCN(CC(F)(F)F)C(C)C(=O)c1ccc(F)cc1F. The molecule has 1 rings (SSSR count). The lowest BCUT2D eigenvalue weighted by Crippen LogP contribution is -2.45. The number of carbonyl (C=O) groups is 1. The Balaban J connectivity index is 2.96. The van der Waals surface area contributed by atoms with Gasteiger partial charge in [-0.1, -0.05) is 6.92 Å². The average Bonchev–Trinajstić information content (AvgIpc) is 2.35. The zero-order valence-electron chi connectivity index (χ0n) is 11.7. The van der Waals surface area contributed by atoms with Crippen LogP contribution in [-0.4, -0.2) is 36.0 Å². The van der Waals surface area contributed by atoms with Gasteiger partial charge >= 0.3 is 6.18 Å². The lowest BCUT2D eigenvalue weighted by Gasteiger charge is -2.28. The Morgan fingerprint density at radius 3 is 2.38 bits per heavy atom. The Morgan fingerprint density at radius 1 is 1.29 bits per heavy atom. The van der Waals surface area contributed by atoms with Crippen molar-refractivity contribution < 1.29 is 26.7 Å². The first-order valence-corrected chi connectivity index (χ1v) is 6.45. The fourth-order valence-corrected chi connectivity index (χ4v) is 2.01. The fraction of sp³-hybridized carbons (Fsp3) is 0.500. The summed E-state index contributed by atoms with van der Waals surface area (Å²) in [5.74, 6) is -2.72. The van der Waals surface area contributed by atoms with Crippen LogP contribution in [0.5, 0.6) is 0 Å². The monoisotopic (exact) mass is 309 g/mol. The third kappa shape index (κ3) is 5.08. The average molecular weight is 309 g/mol. The van der Waals surface area contributed by atoms with Crippen LogP contribution in [0.1, 0.15) is 30.6 Å². The molecule has 1 atom stereocenters. The summed E-state index contributed by atoms with van der Waals surface area (Å²) in [7, 11) is 0. The Bertz CT molecular complexity index is 501. The molecule has 0 saturated carbocycles. The molecule has 118 valence electrons. The summed E-state index contributed by atoms with van der Waals surface area (Å²) in [5, 5.41) is 0. The molecule has 0 heterocycles. The second-order valence-corrected chi connectivity index (χ2v) is 4.75. The highest BCUT2D eigenvalue weighted by Gasteiger charge is 2.35. The molecule has 0 N–H and O–H groups in total. The Hall–Kier alpha value is -1.50.